The molecule has 6 nitrogen and oxygen atoms in total. The smallest absolute Gasteiger partial charge is 0.269 e. The fourth-order valence-electron chi connectivity index (χ4n) is 1.76. The average Bonchev–Trinajstić information content (AvgIpc) is 2.55. The topological polar surface area (TPSA) is 76.8 Å². The summed E-state index contributed by atoms with van der Waals surface area (Å²) in [6.07, 6.45) is 5.24. The first kappa shape index (κ1) is 15.2. The quantitative estimate of drug-likeness (QED) is 0.501. The summed E-state index contributed by atoms with van der Waals surface area (Å²) in [5, 5.41) is 14.5. The van der Waals surface area contributed by atoms with Crippen LogP contribution in [0.5, 0.6) is 5.75 Å². The summed E-state index contributed by atoms with van der Waals surface area (Å²) in [6, 6.07) is 13.7. The van der Waals surface area contributed by atoms with Gasteiger partial charge in [0.15, 0.2) is 0 Å². The minimum Gasteiger partial charge on any atom is -0.496 e. The van der Waals surface area contributed by atoms with Crippen LogP contribution >= 0.6 is 0 Å². The normalized spacial score (nSPS) is 11.0. The third-order valence-electron chi connectivity index (χ3n) is 2.85. The first-order valence-electron chi connectivity index (χ1n) is 6.54. The second-order valence-corrected chi connectivity index (χ2v) is 4.30. The van der Waals surface area contributed by atoms with E-state index in [1.165, 1.54) is 12.1 Å². The van der Waals surface area contributed by atoms with E-state index >= 15 is 0 Å². The van der Waals surface area contributed by atoms with Crippen LogP contribution in [-0.4, -0.2) is 18.2 Å². The van der Waals surface area contributed by atoms with Crippen LogP contribution in [0.25, 0.3) is 6.08 Å². The molecular formula is C16H15N3O3. The Balaban J connectivity index is 1.92. The number of ether oxygens (including phenoxy) is 1. The number of rotatable bonds is 6. The summed E-state index contributed by atoms with van der Waals surface area (Å²) in [6.45, 7) is 0. The Hall–Kier alpha value is -3.15. The predicted molar refractivity (Wildman–Crippen MR) is 87.2 cm³/mol. The van der Waals surface area contributed by atoms with Crippen molar-refractivity contribution in [1.82, 2.24) is 0 Å². The number of benzene rings is 2. The first-order chi connectivity index (χ1) is 10.7. The van der Waals surface area contributed by atoms with E-state index in [1.54, 1.807) is 31.5 Å². The van der Waals surface area contributed by atoms with Gasteiger partial charge in [0.25, 0.3) is 5.69 Å². The number of hydrogen-bond acceptors (Lipinski definition) is 5. The van der Waals surface area contributed by atoms with Crippen LogP contribution < -0.4 is 10.2 Å². The van der Waals surface area contributed by atoms with E-state index in [9.17, 15) is 10.1 Å². The zero-order valence-electron chi connectivity index (χ0n) is 12.0. The molecule has 0 aliphatic carbocycles. The van der Waals surface area contributed by atoms with E-state index < -0.39 is 4.92 Å². The number of para-hydroxylation sites is 1. The fraction of sp³-hybridized carbons (Fsp3) is 0.0625. The van der Waals surface area contributed by atoms with Gasteiger partial charge in [0.05, 0.1) is 17.7 Å². The van der Waals surface area contributed by atoms with Crippen molar-refractivity contribution < 1.29 is 9.66 Å². The SMILES string of the molecule is COc1ccccc1C=CC=NNc1ccc([N+](=O)[O-])cc1. The summed E-state index contributed by atoms with van der Waals surface area (Å²) in [7, 11) is 1.62. The van der Waals surface area contributed by atoms with Gasteiger partial charge in [-0.3, -0.25) is 15.5 Å². The van der Waals surface area contributed by atoms with Crippen LogP contribution in [0.2, 0.25) is 0 Å². The van der Waals surface area contributed by atoms with Crippen molar-refractivity contribution in [3.63, 3.8) is 0 Å². The Labute approximate surface area is 127 Å². The molecule has 0 saturated heterocycles. The number of nitrogens with zero attached hydrogens (tertiary/aromatic N) is 2. The van der Waals surface area contributed by atoms with E-state index in [0.29, 0.717) is 5.69 Å². The van der Waals surface area contributed by atoms with Crippen LogP contribution in [0.3, 0.4) is 0 Å². The van der Waals surface area contributed by atoms with Crippen molar-refractivity contribution >= 4 is 23.7 Å². The minimum absolute atomic E-state index is 0.0469. The molecule has 0 heterocycles. The van der Waals surface area contributed by atoms with Gasteiger partial charge in [-0.25, -0.2) is 0 Å². The molecule has 0 amide bonds. The van der Waals surface area contributed by atoms with Gasteiger partial charge in [-0.2, -0.15) is 5.10 Å². The standard InChI is InChI=1S/C16H15N3O3/c1-22-16-7-3-2-5-13(16)6-4-12-17-18-14-8-10-15(11-9-14)19(20)21/h2-12,18H,1H3. The molecule has 0 unspecified atom stereocenters. The zero-order chi connectivity index (χ0) is 15.8. The van der Waals surface area contributed by atoms with Crippen LogP contribution in [0.4, 0.5) is 11.4 Å². The fourth-order valence-corrected chi connectivity index (χ4v) is 1.76. The number of non-ortho nitro benzene ring substituents is 1. The molecule has 6 heteroatoms. The molecule has 0 atom stereocenters. The van der Waals surface area contributed by atoms with Crippen LogP contribution in [-0.2, 0) is 0 Å². The summed E-state index contributed by atoms with van der Waals surface area (Å²) < 4.78 is 5.24. The highest BCUT2D eigenvalue weighted by atomic mass is 16.6. The van der Waals surface area contributed by atoms with E-state index in [0.717, 1.165) is 11.3 Å². The van der Waals surface area contributed by atoms with Crippen molar-refractivity contribution in [2.75, 3.05) is 12.5 Å². The Bertz CT molecular complexity index is 694. The highest BCUT2D eigenvalue weighted by molar-refractivity contribution is 5.79. The number of hydrazone groups is 1. The van der Waals surface area contributed by atoms with Crippen molar-refractivity contribution in [3.8, 4) is 5.75 Å². The third-order valence-corrected chi connectivity index (χ3v) is 2.85. The Morgan fingerprint density at radius 1 is 1.18 bits per heavy atom. The zero-order valence-corrected chi connectivity index (χ0v) is 12.0. The predicted octanol–water partition coefficient (Wildman–Crippen LogP) is 3.71. The molecule has 0 aromatic heterocycles. The van der Waals surface area contributed by atoms with Gasteiger partial charge >= 0.3 is 0 Å². The maximum Gasteiger partial charge on any atom is 0.269 e. The Morgan fingerprint density at radius 2 is 1.91 bits per heavy atom. The second kappa shape index (κ2) is 7.58. The number of methoxy groups -OCH3 is 1. The molecule has 2 aromatic rings. The van der Waals surface area contributed by atoms with Gasteiger partial charge in [-0.1, -0.05) is 18.2 Å². The molecule has 1 N–H and O–H groups in total. The molecule has 22 heavy (non-hydrogen) atoms. The van der Waals surface area contributed by atoms with Gasteiger partial charge in [0.1, 0.15) is 5.75 Å². The lowest BCUT2D eigenvalue weighted by Gasteiger charge is -2.02. The van der Waals surface area contributed by atoms with E-state index in [1.807, 2.05) is 30.3 Å². The lowest BCUT2D eigenvalue weighted by atomic mass is 10.2. The Morgan fingerprint density at radius 3 is 2.59 bits per heavy atom. The highest BCUT2D eigenvalue weighted by Gasteiger charge is 2.02. The van der Waals surface area contributed by atoms with Crippen molar-refractivity contribution in [2.45, 2.75) is 0 Å². The van der Waals surface area contributed by atoms with Crippen molar-refractivity contribution in [3.05, 3.63) is 70.3 Å². The molecule has 0 radical (unpaired) electrons. The monoisotopic (exact) mass is 297 g/mol. The Kier molecular flexibility index (Phi) is 5.25. The highest BCUT2D eigenvalue weighted by Crippen LogP contribution is 2.18. The molecule has 2 rings (SSSR count). The van der Waals surface area contributed by atoms with Gasteiger partial charge in [0, 0.05) is 23.9 Å². The molecule has 0 bridgehead atoms. The molecule has 2 aromatic carbocycles. The molecule has 0 aliphatic rings. The molecule has 112 valence electrons. The van der Waals surface area contributed by atoms with Crippen LogP contribution in [0.15, 0.2) is 59.7 Å². The maximum absolute atomic E-state index is 10.5. The van der Waals surface area contributed by atoms with Crippen molar-refractivity contribution in [2.24, 2.45) is 5.10 Å². The maximum atomic E-state index is 10.5. The number of nitro benzene ring substituents is 1. The van der Waals surface area contributed by atoms with Crippen LogP contribution in [0, 0.1) is 10.1 Å². The summed E-state index contributed by atoms with van der Waals surface area (Å²) in [4.78, 5) is 10.1. The molecule has 0 fully saturated rings. The third kappa shape index (κ3) is 4.17. The minimum atomic E-state index is -0.441. The second-order valence-electron chi connectivity index (χ2n) is 4.30. The molecule has 0 spiro atoms. The summed E-state index contributed by atoms with van der Waals surface area (Å²) in [5.74, 6) is 0.787. The summed E-state index contributed by atoms with van der Waals surface area (Å²) in [5.41, 5.74) is 4.46. The molecule has 0 saturated carbocycles. The van der Waals surface area contributed by atoms with Gasteiger partial charge in [-0.05, 0) is 30.4 Å². The molecular weight excluding hydrogens is 282 g/mol. The van der Waals surface area contributed by atoms with E-state index in [-0.39, 0.29) is 5.69 Å². The summed E-state index contributed by atoms with van der Waals surface area (Å²) >= 11 is 0. The first-order valence-corrected chi connectivity index (χ1v) is 6.54. The van der Waals surface area contributed by atoms with E-state index in [2.05, 4.69) is 10.5 Å². The molecule has 0 aliphatic heterocycles. The van der Waals surface area contributed by atoms with Gasteiger partial charge in [-0.15, -0.1) is 0 Å². The number of nitrogens with one attached hydrogen (secondary N) is 1. The van der Waals surface area contributed by atoms with Crippen molar-refractivity contribution in [1.29, 1.82) is 0 Å². The number of allylic oxidation sites excluding steroid dienone is 1. The lowest BCUT2D eigenvalue weighted by Crippen LogP contribution is -1.90. The van der Waals surface area contributed by atoms with Gasteiger partial charge in [0.2, 0.25) is 0 Å². The average molecular weight is 297 g/mol. The lowest BCUT2D eigenvalue weighted by molar-refractivity contribution is -0.384. The van der Waals surface area contributed by atoms with Crippen LogP contribution in [0.1, 0.15) is 5.56 Å². The largest absolute Gasteiger partial charge is 0.496 e. The van der Waals surface area contributed by atoms with E-state index in [4.69, 9.17) is 4.74 Å². The number of anilines is 1. The number of nitro groups is 1. The van der Waals surface area contributed by atoms with Gasteiger partial charge < -0.3 is 4.74 Å². The number of hydrogen-bond donors (Lipinski definition) is 1.